The van der Waals surface area contributed by atoms with Gasteiger partial charge in [-0.05, 0) is 12.1 Å². The number of nitrogens with two attached hydrogens (primary N) is 1. The maximum atomic E-state index is 11.5. The maximum Gasteiger partial charge on any atom is 0.252 e. The SMILES string of the molecule is [C-]#[N+]c1ccc(OCOC)c(-c2cc(=O)[nH]c(N)n2)c1. The molecule has 0 aliphatic rings. The summed E-state index contributed by atoms with van der Waals surface area (Å²) >= 11 is 0. The lowest BCUT2D eigenvalue weighted by Crippen LogP contribution is -2.10. The van der Waals surface area contributed by atoms with E-state index in [1.165, 1.54) is 13.2 Å². The first-order valence-corrected chi connectivity index (χ1v) is 5.64. The molecule has 0 spiro atoms. The summed E-state index contributed by atoms with van der Waals surface area (Å²) in [7, 11) is 1.50. The minimum atomic E-state index is -0.376. The Kier molecular flexibility index (Phi) is 3.98. The van der Waals surface area contributed by atoms with Crippen LogP contribution in [0.15, 0.2) is 29.1 Å². The van der Waals surface area contributed by atoms with E-state index >= 15 is 0 Å². The smallest absolute Gasteiger partial charge is 0.252 e. The number of methoxy groups -OCH3 is 1. The number of nitrogen functional groups attached to an aromatic ring is 1. The fourth-order valence-corrected chi connectivity index (χ4v) is 1.65. The van der Waals surface area contributed by atoms with Crippen molar-refractivity contribution in [3.63, 3.8) is 0 Å². The summed E-state index contributed by atoms with van der Waals surface area (Å²) < 4.78 is 10.2. The largest absolute Gasteiger partial charge is 0.467 e. The highest BCUT2D eigenvalue weighted by Crippen LogP contribution is 2.32. The van der Waals surface area contributed by atoms with Gasteiger partial charge in [-0.25, -0.2) is 9.83 Å². The number of nitrogens with one attached hydrogen (secondary N) is 1. The summed E-state index contributed by atoms with van der Waals surface area (Å²) in [6.07, 6.45) is 0. The Morgan fingerprint density at radius 1 is 1.45 bits per heavy atom. The van der Waals surface area contributed by atoms with Crippen LogP contribution in [-0.4, -0.2) is 23.9 Å². The molecule has 1 aromatic heterocycles. The van der Waals surface area contributed by atoms with Gasteiger partial charge in [0.1, 0.15) is 5.75 Å². The van der Waals surface area contributed by atoms with Crippen molar-refractivity contribution in [1.29, 1.82) is 0 Å². The van der Waals surface area contributed by atoms with Crippen LogP contribution in [0.3, 0.4) is 0 Å². The van der Waals surface area contributed by atoms with Crippen LogP contribution in [0.25, 0.3) is 16.1 Å². The number of nitrogens with zero attached hydrogens (tertiary/aromatic N) is 2. The average molecular weight is 272 g/mol. The van der Waals surface area contributed by atoms with Gasteiger partial charge in [0.05, 0.1) is 12.3 Å². The predicted octanol–water partition coefficient (Wildman–Crippen LogP) is 1.55. The lowest BCUT2D eigenvalue weighted by Gasteiger charge is -2.11. The molecule has 1 aromatic carbocycles. The van der Waals surface area contributed by atoms with Gasteiger partial charge < -0.3 is 15.2 Å². The molecule has 0 unspecified atom stereocenters. The molecule has 0 atom stereocenters. The zero-order chi connectivity index (χ0) is 14.5. The van der Waals surface area contributed by atoms with Crippen LogP contribution in [0.2, 0.25) is 0 Å². The van der Waals surface area contributed by atoms with Crippen LogP contribution in [-0.2, 0) is 4.74 Å². The molecule has 0 saturated carbocycles. The van der Waals surface area contributed by atoms with Gasteiger partial charge >= 0.3 is 0 Å². The Labute approximate surface area is 114 Å². The highest BCUT2D eigenvalue weighted by atomic mass is 16.7. The van der Waals surface area contributed by atoms with Gasteiger partial charge in [0.25, 0.3) is 5.56 Å². The summed E-state index contributed by atoms with van der Waals surface area (Å²) in [5.74, 6) is 0.454. The Morgan fingerprint density at radius 2 is 2.25 bits per heavy atom. The lowest BCUT2D eigenvalue weighted by molar-refractivity contribution is 0.0515. The molecule has 0 aliphatic carbocycles. The van der Waals surface area contributed by atoms with E-state index in [9.17, 15) is 4.79 Å². The highest BCUT2D eigenvalue weighted by Gasteiger charge is 2.11. The van der Waals surface area contributed by atoms with Gasteiger partial charge in [-0.1, -0.05) is 6.07 Å². The molecule has 102 valence electrons. The third-order valence-electron chi connectivity index (χ3n) is 2.46. The molecule has 2 aromatic rings. The average Bonchev–Trinajstić information content (AvgIpc) is 2.44. The van der Waals surface area contributed by atoms with Crippen molar-refractivity contribution in [3.05, 3.63) is 46.0 Å². The van der Waals surface area contributed by atoms with Gasteiger partial charge in [0, 0.05) is 18.7 Å². The zero-order valence-corrected chi connectivity index (χ0v) is 10.7. The quantitative estimate of drug-likeness (QED) is 0.650. The number of hydrogen-bond acceptors (Lipinski definition) is 5. The molecule has 0 radical (unpaired) electrons. The third-order valence-corrected chi connectivity index (χ3v) is 2.46. The van der Waals surface area contributed by atoms with E-state index in [4.69, 9.17) is 21.8 Å². The number of rotatable bonds is 4. The number of H-pyrrole nitrogens is 1. The molecule has 7 heteroatoms. The number of aromatic nitrogens is 2. The molecule has 0 fully saturated rings. The molecule has 0 amide bonds. The summed E-state index contributed by atoms with van der Waals surface area (Å²) in [4.78, 5) is 21.2. The van der Waals surface area contributed by atoms with Crippen molar-refractivity contribution >= 4 is 11.6 Å². The molecule has 20 heavy (non-hydrogen) atoms. The second kappa shape index (κ2) is 5.86. The van der Waals surface area contributed by atoms with E-state index in [0.717, 1.165) is 0 Å². The van der Waals surface area contributed by atoms with Gasteiger partial charge in [0.2, 0.25) is 5.95 Å². The van der Waals surface area contributed by atoms with Gasteiger partial charge in [0.15, 0.2) is 12.5 Å². The van der Waals surface area contributed by atoms with Crippen LogP contribution in [0.4, 0.5) is 11.6 Å². The van der Waals surface area contributed by atoms with E-state index in [-0.39, 0.29) is 18.3 Å². The van der Waals surface area contributed by atoms with Gasteiger partial charge in [-0.2, -0.15) is 0 Å². The molecule has 7 nitrogen and oxygen atoms in total. The lowest BCUT2D eigenvalue weighted by atomic mass is 10.1. The first-order valence-electron chi connectivity index (χ1n) is 5.64. The number of aromatic amines is 1. The number of benzene rings is 1. The number of hydrogen-bond donors (Lipinski definition) is 2. The Morgan fingerprint density at radius 3 is 2.90 bits per heavy atom. The number of ether oxygens (including phenoxy) is 2. The topological polar surface area (TPSA) is 94.6 Å². The van der Waals surface area contributed by atoms with Crippen molar-refractivity contribution in [2.75, 3.05) is 19.6 Å². The minimum Gasteiger partial charge on any atom is -0.467 e. The van der Waals surface area contributed by atoms with Crippen molar-refractivity contribution in [2.45, 2.75) is 0 Å². The Balaban J connectivity index is 2.57. The third kappa shape index (κ3) is 2.93. The van der Waals surface area contributed by atoms with Crippen molar-refractivity contribution in [2.24, 2.45) is 0 Å². The first kappa shape index (κ1) is 13.6. The molecular formula is C13H12N4O3. The monoisotopic (exact) mass is 272 g/mol. The Bertz CT molecular complexity index is 718. The van der Waals surface area contributed by atoms with Crippen LogP contribution < -0.4 is 16.0 Å². The molecule has 3 N–H and O–H groups in total. The van der Waals surface area contributed by atoms with Crippen molar-refractivity contribution < 1.29 is 9.47 Å². The predicted molar refractivity (Wildman–Crippen MR) is 73.5 cm³/mol. The van der Waals surface area contributed by atoms with E-state index in [1.807, 2.05) is 0 Å². The van der Waals surface area contributed by atoms with E-state index in [2.05, 4.69) is 14.8 Å². The first-order chi connectivity index (χ1) is 9.63. The summed E-state index contributed by atoms with van der Waals surface area (Å²) in [5.41, 5.74) is 6.40. The van der Waals surface area contributed by atoms with Gasteiger partial charge in [-0.3, -0.25) is 9.78 Å². The fraction of sp³-hybridized carbons (Fsp3) is 0.154. The summed E-state index contributed by atoms with van der Waals surface area (Å²) in [6.45, 7) is 7.09. The highest BCUT2D eigenvalue weighted by molar-refractivity contribution is 5.72. The fourth-order valence-electron chi connectivity index (χ4n) is 1.65. The second-order valence-electron chi connectivity index (χ2n) is 3.86. The van der Waals surface area contributed by atoms with Crippen LogP contribution in [0.5, 0.6) is 5.75 Å². The van der Waals surface area contributed by atoms with Crippen molar-refractivity contribution in [3.8, 4) is 17.0 Å². The van der Waals surface area contributed by atoms with Crippen LogP contribution >= 0.6 is 0 Å². The molecular weight excluding hydrogens is 260 g/mol. The van der Waals surface area contributed by atoms with Crippen LogP contribution in [0, 0.1) is 6.57 Å². The van der Waals surface area contributed by atoms with E-state index in [1.54, 1.807) is 18.2 Å². The minimum absolute atomic E-state index is 0.00148. The number of anilines is 1. The van der Waals surface area contributed by atoms with Crippen molar-refractivity contribution in [1.82, 2.24) is 9.97 Å². The summed E-state index contributed by atoms with van der Waals surface area (Å²) in [6, 6.07) is 6.11. The normalized spacial score (nSPS) is 10.0. The zero-order valence-electron chi connectivity index (χ0n) is 10.7. The summed E-state index contributed by atoms with van der Waals surface area (Å²) in [5, 5.41) is 0. The standard InChI is InChI=1S/C13H12N4O3/c1-15-8-3-4-11(20-7-19-2)9(5-8)10-6-12(18)17-13(14)16-10/h3-6H,7H2,2H3,(H3,14,16,17,18). The molecule has 0 aliphatic heterocycles. The van der Waals surface area contributed by atoms with Gasteiger partial charge in [-0.15, -0.1) is 0 Å². The Hall–Kier alpha value is -2.85. The molecule has 0 bridgehead atoms. The molecule has 2 rings (SSSR count). The maximum absolute atomic E-state index is 11.5. The molecule has 1 heterocycles. The van der Waals surface area contributed by atoms with Crippen LogP contribution in [0.1, 0.15) is 0 Å². The van der Waals surface area contributed by atoms with E-state index in [0.29, 0.717) is 22.7 Å². The molecule has 0 saturated heterocycles. The second-order valence-corrected chi connectivity index (χ2v) is 3.86. The van der Waals surface area contributed by atoms with E-state index < -0.39 is 0 Å².